The van der Waals surface area contributed by atoms with Crippen LogP contribution in [0.4, 0.5) is 17.6 Å². The molecule has 2 aromatic rings. The summed E-state index contributed by atoms with van der Waals surface area (Å²) in [4.78, 5) is 28.4. The molecule has 0 aliphatic heterocycles. The largest absolute Gasteiger partial charge is 0.433 e. The van der Waals surface area contributed by atoms with Gasteiger partial charge in [-0.2, -0.15) is 13.2 Å². The molecule has 0 amide bonds. The number of halogens is 5. The SMILES string of the molecule is CON=NCc1c(Cl)ccc(-n2c(=O)cc(C(F)(F)F)n(N)c2=O)c1F. The molecule has 0 bridgehead atoms. The molecule has 1 aromatic carbocycles. The van der Waals surface area contributed by atoms with Crippen molar-refractivity contribution in [2.75, 3.05) is 13.0 Å². The zero-order valence-corrected chi connectivity index (χ0v) is 13.7. The van der Waals surface area contributed by atoms with Crippen LogP contribution in [0.15, 0.2) is 38.2 Å². The van der Waals surface area contributed by atoms with Crippen LogP contribution in [0.1, 0.15) is 11.3 Å². The molecule has 26 heavy (non-hydrogen) atoms. The van der Waals surface area contributed by atoms with Crippen LogP contribution >= 0.6 is 11.6 Å². The highest BCUT2D eigenvalue weighted by atomic mass is 35.5. The molecule has 2 N–H and O–H groups in total. The Balaban J connectivity index is 2.72. The first-order chi connectivity index (χ1) is 12.1. The summed E-state index contributed by atoms with van der Waals surface area (Å²) in [7, 11) is 1.20. The lowest BCUT2D eigenvalue weighted by molar-refractivity contribution is -0.143. The smallest absolute Gasteiger partial charge is 0.383 e. The molecule has 8 nitrogen and oxygen atoms in total. The second-order valence-corrected chi connectivity index (χ2v) is 5.18. The van der Waals surface area contributed by atoms with Gasteiger partial charge in [0.15, 0.2) is 11.5 Å². The van der Waals surface area contributed by atoms with Crippen molar-refractivity contribution >= 4 is 11.6 Å². The van der Waals surface area contributed by atoms with Crippen LogP contribution in [-0.4, -0.2) is 16.4 Å². The number of nitrogens with zero attached hydrogens (tertiary/aromatic N) is 4. The molecule has 0 saturated carbocycles. The zero-order chi connectivity index (χ0) is 19.6. The predicted octanol–water partition coefficient (Wildman–Crippen LogP) is 2.04. The van der Waals surface area contributed by atoms with E-state index in [1.807, 2.05) is 0 Å². The molecular formula is C13H10ClF4N5O3. The fourth-order valence-electron chi connectivity index (χ4n) is 2.06. The predicted molar refractivity (Wildman–Crippen MR) is 82.0 cm³/mol. The van der Waals surface area contributed by atoms with E-state index in [1.165, 1.54) is 7.11 Å². The van der Waals surface area contributed by atoms with Crippen molar-refractivity contribution in [1.29, 1.82) is 0 Å². The van der Waals surface area contributed by atoms with E-state index in [2.05, 4.69) is 15.2 Å². The first-order valence-electron chi connectivity index (χ1n) is 6.68. The normalized spacial score (nSPS) is 11.9. The average Bonchev–Trinajstić information content (AvgIpc) is 2.55. The second-order valence-electron chi connectivity index (χ2n) is 4.78. The summed E-state index contributed by atoms with van der Waals surface area (Å²) < 4.78 is 52.9. The molecule has 140 valence electrons. The Bertz CT molecular complexity index is 983. The fraction of sp³-hybridized carbons (Fsp3) is 0.231. The van der Waals surface area contributed by atoms with Crippen molar-refractivity contribution in [3.05, 3.63) is 61.1 Å². The highest BCUT2D eigenvalue weighted by molar-refractivity contribution is 6.31. The number of hydrogen-bond acceptors (Lipinski definition) is 6. The Kier molecular flexibility index (Phi) is 5.35. The van der Waals surface area contributed by atoms with Crippen LogP contribution in [0.2, 0.25) is 5.02 Å². The van der Waals surface area contributed by atoms with Crippen LogP contribution in [0.3, 0.4) is 0 Å². The first-order valence-corrected chi connectivity index (χ1v) is 7.06. The Morgan fingerprint density at radius 2 is 1.96 bits per heavy atom. The van der Waals surface area contributed by atoms with Gasteiger partial charge in [-0.3, -0.25) is 4.79 Å². The van der Waals surface area contributed by atoms with Gasteiger partial charge >= 0.3 is 11.9 Å². The summed E-state index contributed by atoms with van der Waals surface area (Å²) in [6.45, 7) is -0.404. The third-order valence-electron chi connectivity index (χ3n) is 3.20. The standard InChI is InChI=1S/C13H10ClF4N5O3/c1-26-21-20-5-6-7(14)2-3-8(11(6)15)22-10(24)4-9(13(16,17)18)23(19)12(22)25/h2-4H,5,19H2,1H3. The molecule has 13 heteroatoms. The number of hydrogen-bond donors (Lipinski definition) is 1. The zero-order valence-electron chi connectivity index (χ0n) is 12.9. The second kappa shape index (κ2) is 7.15. The molecule has 0 saturated heterocycles. The lowest BCUT2D eigenvalue weighted by Gasteiger charge is -2.15. The summed E-state index contributed by atoms with van der Waals surface area (Å²) >= 11 is 5.84. The van der Waals surface area contributed by atoms with Crippen molar-refractivity contribution in [1.82, 2.24) is 9.24 Å². The van der Waals surface area contributed by atoms with E-state index in [4.69, 9.17) is 17.4 Å². The lowest BCUT2D eigenvalue weighted by Crippen LogP contribution is -2.45. The topological polar surface area (TPSA) is 104 Å². The Morgan fingerprint density at radius 3 is 2.54 bits per heavy atom. The van der Waals surface area contributed by atoms with Gasteiger partial charge in [-0.15, -0.1) is 5.11 Å². The van der Waals surface area contributed by atoms with Gasteiger partial charge < -0.3 is 10.7 Å². The number of nitrogen functional groups attached to an aromatic ring is 1. The minimum atomic E-state index is -5.05. The minimum Gasteiger partial charge on any atom is -0.383 e. The van der Waals surface area contributed by atoms with Crippen LogP contribution in [0.25, 0.3) is 5.69 Å². The van der Waals surface area contributed by atoms with Crippen molar-refractivity contribution in [2.45, 2.75) is 12.7 Å². The Hall–Kier alpha value is -2.89. The highest BCUT2D eigenvalue weighted by Crippen LogP contribution is 2.27. The average molecular weight is 396 g/mol. The van der Waals surface area contributed by atoms with E-state index in [0.717, 1.165) is 12.1 Å². The number of aromatic nitrogens is 2. The van der Waals surface area contributed by atoms with Crippen molar-refractivity contribution in [3.63, 3.8) is 0 Å². The molecule has 0 spiro atoms. The van der Waals surface area contributed by atoms with Gasteiger partial charge in [0.05, 0.1) is 12.2 Å². The summed E-state index contributed by atoms with van der Waals surface area (Å²) in [5.41, 5.74) is -5.57. The summed E-state index contributed by atoms with van der Waals surface area (Å²) in [5, 5.41) is 6.52. The molecule has 2 rings (SSSR count). The van der Waals surface area contributed by atoms with Gasteiger partial charge in [0.2, 0.25) is 0 Å². The summed E-state index contributed by atoms with van der Waals surface area (Å²) in [6.07, 6.45) is -5.05. The van der Waals surface area contributed by atoms with E-state index in [9.17, 15) is 27.2 Å². The molecule has 0 radical (unpaired) electrons. The van der Waals surface area contributed by atoms with Crippen LogP contribution in [0, 0.1) is 5.82 Å². The maximum absolute atomic E-state index is 14.7. The van der Waals surface area contributed by atoms with Gasteiger partial charge in [0.25, 0.3) is 5.56 Å². The summed E-state index contributed by atoms with van der Waals surface area (Å²) in [5.74, 6) is 3.97. The number of nitrogens with two attached hydrogens (primary N) is 1. The van der Waals surface area contributed by atoms with E-state index < -0.39 is 41.2 Å². The quantitative estimate of drug-likeness (QED) is 0.370. The van der Waals surface area contributed by atoms with Gasteiger partial charge in [-0.05, 0) is 12.1 Å². The van der Waals surface area contributed by atoms with Gasteiger partial charge in [0.1, 0.15) is 7.11 Å². The van der Waals surface area contributed by atoms with Crippen LogP contribution in [-0.2, 0) is 17.6 Å². The maximum atomic E-state index is 14.7. The first kappa shape index (κ1) is 19.4. The van der Waals surface area contributed by atoms with Crippen molar-refractivity contribution in [3.8, 4) is 5.69 Å². The van der Waals surface area contributed by atoms with Crippen molar-refractivity contribution < 1.29 is 22.4 Å². The number of alkyl halides is 3. The van der Waals surface area contributed by atoms with Gasteiger partial charge in [-0.25, -0.2) is 18.4 Å². The Labute approximate surface area is 147 Å². The molecular weight excluding hydrogens is 386 g/mol. The molecule has 0 atom stereocenters. The van der Waals surface area contributed by atoms with Gasteiger partial charge in [0, 0.05) is 21.9 Å². The number of rotatable bonds is 4. The minimum absolute atomic E-state index is 0.0831. The monoisotopic (exact) mass is 395 g/mol. The lowest BCUT2D eigenvalue weighted by atomic mass is 10.1. The Morgan fingerprint density at radius 1 is 1.31 bits per heavy atom. The molecule has 0 aliphatic carbocycles. The van der Waals surface area contributed by atoms with Crippen LogP contribution < -0.4 is 17.1 Å². The molecule has 0 fully saturated rings. The maximum Gasteiger partial charge on any atom is 0.433 e. The highest BCUT2D eigenvalue weighted by Gasteiger charge is 2.36. The molecule has 1 heterocycles. The van der Waals surface area contributed by atoms with E-state index >= 15 is 0 Å². The third-order valence-corrected chi connectivity index (χ3v) is 3.56. The van der Waals surface area contributed by atoms with E-state index in [1.54, 1.807) is 0 Å². The van der Waals surface area contributed by atoms with E-state index in [0.29, 0.717) is 0 Å². The third kappa shape index (κ3) is 3.54. The summed E-state index contributed by atoms with van der Waals surface area (Å²) in [6, 6.07) is 2.17. The van der Waals surface area contributed by atoms with Crippen molar-refractivity contribution in [2.24, 2.45) is 10.4 Å². The number of benzene rings is 1. The molecule has 0 unspecified atom stereocenters. The van der Waals surface area contributed by atoms with E-state index in [-0.39, 0.29) is 25.9 Å². The molecule has 1 aromatic heterocycles. The van der Waals surface area contributed by atoms with Crippen LogP contribution in [0.5, 0.6) is 0 Å². The fourth-order valence-corrected chi connectivity index (χ4v) is 2.26. The van der Waals surface area contributed by atoms with Gasteiger partial charge in [-0.1, -0.05) is 11.6 Å². The molecule has 0 aliphatic rings.